The van der Waals surface area contributed by atoms with Crippen molar-refractivity contribution in [3.63, 3.8) is 0 Å². The lowest BCUT2D eigenvalue weighted by molar-refractivity contribution is -0.138. The Bertz CT molecular complexity index is 932. The van der Waals surface area contributed by atoms with Gasteiger partial charge in [-0.2, -0.15) is 17.5 Å². The highest BCUT2D eigenvalue weighted by Crippen LogP contribution is 2.41. The fourth-order valence-corrected chi connectivity index (χ4v) is 7.39. The van der Waals surface area contributed by atoms with Crippen LogP contribution < -0.4 is 5.32 Å². The van der Waals surface area contributed by atoms with E-state index in [0.29, 0.717) is 38.8 Å². The molecule has 3 fully saturated rings. The van der Waals surface area contributed by atoms with Crippen molar-refractivity contribution in [2.45, 2.75) is 87.4 Å². The summed E-state index contributed by atoms with van der Waals surface area (Å²) in [5.74, 6) is -0.693. The summed E-state index contributed by atoms with van der Waals surface area (Å²) in [6.07, 6.45) is 2.35. The minimum atomic E-state index is -4.80. The molecule has 0 bridgehead atoms. The van der Waals surface area contributed by atoms with E-state index < -0.39 is 38.0 Å². The van der Waals surface area contributed by atoms with Gasteiger partial charge in [0.1, 0.15) is 0 Å². The lowest BCUT2D eigenvalue weighted by Gasteiger charge is -2.34. The van der Waals surface area contributed by atoms with Crippen LogP contribution in [0.3, 0.4) is 0 Å². The predicted molar refractivity (Wildman–Crippen MR) is 115 cm³/mol. The summed E-state index contributed by atoms with van der Waals surface area (Å²) in [5, 5.41) is 3.20. The molecule has 3 aliphatic rings. The van der Waals surface area contributed by atoms with Gasteiger partial charge < -0.3 is 5.32 Å². The molecule has 178 valence electrons. The Kier molecular flexibility index (Phi) is 6.98. The van der Waals surface area contributed by atoms with Gasteiger partial charge in [-0.15, -0.1) is 0 Å². The van der Waals surface area contributed by atoms with Crippen LogP contribution in [0.5, 0.6) is 0 Å². The number of benzene rings is 1. The summed E-state index contributed by atoms with van der Waals surface area (Å²) in [4.78, 5) is 12.8. The first kappa shape index (κ1) is 23.7. The van der Waals surface area contributed by atoms with Crippen LogP contribution in [0.25, 0.3) is 0 Å². The van der Waals surface area contributed by atoms with Gasteiger partial charge in [-0.25, -0.2) is 8.42 Å². The molecule has 1 aliphatic heterocycles. The second-order valence-corrected chi connectivity index (χ2v) is 11.2. The summed E-state index contributed by atoms with van der Waals surface area (Å²) in [5.41, 5.74) is -1.80. The van der Waals surface area contributed by atoms with Crippen LogP contribution in [0.1, 0.15) is 80.1 Å². The molecule has 0 amide bonds. The number of carbonyl (C=O) groups is 1. The van der Waals surface area contributed by atoms with Gasteiger partial charge >= 0.3 is 6.18 Å². The molecule has 9 heteroatoms. The number of ketones is 1. The van der Waals surface area contributed by atoms with Crippen LogP contribution in [0.15, 0.2) is 23.1 Å². The standard InChI is InChI=1S/C23H31F3N2O3S/c24-23(25,26)19-7-4-8-21(22(19)20(29)15-16-5-2-1-3-6-16)32(30,31)28(17-9-10-17)18-11-13-27-14-12-18/h4,7-8,16-18,27H,1-3,5-6,9-15H2. The topological polar surface area (TPSA) is 66.5 Å². The molecule has 0 atom stereocenters. The Labute approximate surface area is 187 Å². The number of piperidine rings is 1. The van der Waals surface area contributed by atoms with Crippen LogP contribution >= 0.6 is 0 Å². The molecule has 0 aromatic heterocycles. The molecule has 0 radical (unpaired) electrons. The highest BCUT2D eigenvalue weighted by Gasteiger charge is 2.46. The second-order valence-electron chi connectivity index (χ2n) is 9.36. The molecular weight excluding hydrogens is 441 g/mol. The lowest BCUT2D eigenvalue weighted by Crippen LogP contribution is -2.47. The molecule has 1 N–H and O–H groups in total. The highest BCUT2D eigenvalue weighted by atomic mass is 32.2. The average Bonchev–Trinajstić information content (AvgIpc) is 3.59. The monoisotopic (exact) mass is 472 g/mol. The number of Topliss-reactive ketones (excluding diaryl/α,β-unsaturated/α-hetero) is 1. The zero-order chi connectivity index (χ0) is 22.9. The molecule has 2 saturated carbocycles. The number of sulfonamides is 1. The molecule has 2 aliphatic carbocycles. The Balaban J connectivity index is 1.75. The molecule has 4 rings (SSSR count). The number of rotatable bonds is 7. The first-order valence-electron chi connectivity index (χ1n) is 11.7. The number of nitrogens with one attached hydrogen (secondary N) is 1. The second kappa shape index (κ2) is 9.43. The molecule has 5 nitrogen and oxygen atoms in total. The van der Waals surface area contributed by atoms with Gasteiger partial charge in [-0.1, -0.05) is 38.2 Å². The lowest BCUT2D eigenvalue weighted by atomic mass is 9.84. The van der Waals surface area contributed by atoms with Gasteiger partial charge in [0.2, 0.25) is 10.0 Å². The summed E-state index contributed by atoms with van der Waals surface area (Å²) in [6.45, 7) is 1.33. The van der Waals surface area contributed by atoms with Crippen LogP contribution in [0, 0.1) is 5.92 Å². The van der Waals surface area contributed by atoms with Crippen molar-refractivity contribution in [1.29, 1.82) is 0 Å². The first-order valence-corrected chi connectivity index (χ1v) is 13.1. The van der Waals surface area contributed by atoms with Gasteiger partial charge in [0.15, 0.2) is 5.78 Å². The quantitative estimate of drug-likeness (QED) is 0.581. The molecule has 1 aromatic rings. The zero-order valence-corrected chi connectivity index (χ0v) is 19.0. The fourth-order valence-electron chi connectivity index (χ4n) is 5.22. The van der Waals surface area contributed by atoms with E-state index in [1.165, 1.54) is 10.4 Å². The Hall–Kier alpha value is -1.45. The Morgan fingerprint density at radius 3 is 2.19 bits per heavy atom. The van der Waals surface area contributed by atoms with Crippen LogP contribution in [-0.4, -0.2) is 43.7 Å². The average molecular weight is 473 g/mol. The van der Waals surface area contributed by atoms with E-state index in [4.69, 9.17) is 0 Å². The maximum Gasteiger partial charge on any atom is 0.417 e. The van der Waals surface area contributed by atoms with Crippen molar-refractivity contribution in [1.82, 2.24) is 9.62 Å². The smallest absolute Gasteiger partial charge is 0.317 e. The predicted octanol–water partition coefficient (Wildman–Crippen LogP) is 4.76. The minimum Gasteiger partial charge on any atom is -0.317 e. The van der Waals surface area contributed by atoms with E-state index in [1.54, 1.807) is 0 Å². The number of nitrogens with zero attached hydrogens (tertiary/aromatic N) is 1. The van der Waals surface area contributed by atoms with Crippen molar-refractivity contribution >= 4 is 15.8 Å². The van der Waals surface area contributed by atoms with Crippen molar-refractivity contribution in [3.05, 3.63) is 29.3 Å². The SMILES string of the molecule is O=C(CC1CCCCC1)c1c(C(F)(F)F)cccc1S(=O)(=O)N(C1CCNCC1)C1CC1. The third-order valence-corrected chi connectivity index (χ3v) is 8.99. The molecule has 1 saturated heterocycles. The van der Waals surface area contributed by atoms with Gasteiger partial charge in [0.25, 0.3) is 0 Å². The largest absolute Gasteiger partial charge is 0.417 e. The fraction of sp³-hybridized carbons (Fsp3) is 0.696. The molecule has 32 heavy (non-hydrogen) atoms. The van der Waals surface area contributed by atoms with Crippen molar-refractivity contribution in [3.8, 4) is 0 Å². The van der Waals surface area contributed by atoms with E-state index in [-0.39, 0.29) is 24.4 Å². The molecular formula is C23H31F3N2O3S. The van der Waals surface area contributed by atoms with Crippen molar-refractivity contribution in [2.75, 3.05) is 13.1 Å². The van der Waals surface area contributed by atoms with E-state index in [2.05, 4.69) is 5.32 Å². The summed E-state index contributed by atoms with van der Waals surface area (Å²) in [6, 6.07) is 2.68. The van der Waals surface area contributed by atoms with Crippen LogP contribution in [0.4, 0.5) is 13.2 Å². The third-order valence-electron chi connectivity index (χ3n) is 6.94. The summed E-state index contributed by atoms with van der Waals surface area (Å²) >= 11 is 0. The summed E-state index contributed by atoms with van der Waals surface area (Å²) in [7, 11) is -4.25. The van der Waals surface area contributed by atoms with E-state index in [0.717, 1.165) is 44.2 Å². The maximum atomic E-state index is 13.9. The van der Waals surface area contributed by atoms with Crippen LogP contribution in [-0.2, 0) is 16.2 Å². The van der Waals surface area contributed by atoms with Gasteiger partial charge in [-0.3, -0.25) is 4.79 Å². The molecule has 0 spiro atoms. The first-order chi connectivity index (χ1) is 15.2. The number of halogens is 3. The van der Waals surface area contributed by atoms with E-state index >= 15 is 0 Å². The zero-order valence-electron chi connectivity index (χ0n) is 18.2. The Morgan fingerprint density at radius 2 is 1.59 bits per heavy atom. The number of hydrogen-bond acceptors (Lipinski definition) is 4. The van der Waals surface area contributed by atoms with E-state index in [9.17, 15) is 26.4 Å². The number of hydrogen-bond donors (Lipinski definition) is 1. The van der Waals surface area contributed by atoms with Gasteiger partial charge in [0, 0.05) is 24.1 Å². The van der Waals surface area contributed by atoms with Gasteiger partial charge in [-0.05, 0) is 56.8 Å². The third kappa shape index (κ3) is 5.04. The minimum absolute atomic E-state index is 0.0112. The number of alkyl halides is 3. The summed E-state index contributed by atoms with van der Waals surface area (Å²) < 4.78 is 70.7. The number of carbonyl (C=O) groups excluding carboxylic acids is 1. The van der Waals surface area contributed by atoms with Gasteiger partial charge in [0.05, 0.1) is 10.5 Å². The van der Waals surface area contributed by atoms with Crippen molar-refractivity contribution < 1.29 is 26.4 Å². The Morgan fingerprint density at radius 1 is 0.969 bits per heavy atom. The van der Waals surface area contributed by atoms with Crippen LogP contribution in [0.2, 0.25) is 0 Å². The van der Waals surface area contributed by atoms with Crippen molar-refractivity contribution in [2.24, 2.45) is 5.92 Å². The molecule has 0 unspecified atom stereocenters. The normalized spacial score (nSPS) is 21.8. The van der Waals surface area contributed by atoms with E-state index in [1.807, 2.05) is 0 Å². The highest BCUT2D eigenvalue weighted by molar-refractivity contribution is 7.89. The molecule has 1 aromatic carbocycles. The maximum absolute atomic E-state index is 13.9. The molecule has 1 heterocycles.